The smallest absolute Gasteiger partial charge is 0.339 e. The number of nitrogens with one attached hydrogen (secondary N) is 1. The van der Waals surface area contributed by atoms with E-state index in [1.54, 1.807) is 13.0 Å². The number of furan rings is 1. The molecular weight excluding hydrogens is 256 g/mol. The van der Waals surface area contributed by atoms with Crippen molar-refractivity contribution in [1.82, 2.24) is 10.2 Å². The summed E-state index contributed by atoms with van der Waals surface area (Å²) in [5, 5.41) is 12.4. The Balaban J connectivity index is 1.79. The Morgan fingerprint density at radius 1 is 1.45 bits per heavy atom. The van der Waals surface area contributed by atoms with Crippen molar-refractivity contribution in [3.05, 3.63) is 23.2 Å². The molecule has 1 fully saturated rings. The summed E-state index contributed by atoms with van der Waals surface area (Å²) in [6.07, 6.45) is 3.94. The highest BCUT2D eigenvalue weighted by Crippen LogP contribution is 2.15. The van der Waals surface area contributed by atoms with Crippen LogP contribution in [0.2, 0.25) is 0 Å². The SMILES string of the molecule is Cc1oc(CNC(C)CN2CCCCC2)cc1C(=O)O. The van der Waals surface area contributed by atoms with Crippen molar-refractivity contribution in [2.75, 3.05) is 19.6 Å². The van der Waals surface area contributed by atoms with E-state index in [0.717, 1.165) is 6.54 Å². The molecule has 20 heavy (non-hydrogen) atoms. The van der Waals surface area contributed by atoms with Gasteiger partial charge in [0.25, 0.3) is 0 Å². The number of likely N-dealkylation sites (tertiary alicyclic amines) is 1. The van der Waals surface area contributed by atoms with Crippen LogP contribution < -0.4 is 5.32 Å². The Bertz CT molecular complexity index is 450. The second-order valence-corrected chi connectivity index (χ2v) is 5.63. The van der Waals surface area contributed by atoms with Crippen molar-refractivity contribution in [3.63, 3.8) is 0 Å². The van der Waals surface area contributed by atoms with Crippen LogP contribution in [0.15, 0.2) is 10.5 Å². The minimum atomic E-state index is -0.932. The summed E-state index contributed by atoms with van der Waals surface area (Å²) in [6, 6.07) is 1.98. The third kappa shape index (κ3) is 4.08. The Morgan fingerprint density at radius 3 is 2.75 bits per heavy atom. The van der Waals surface area contributed by atoms with Gasteiger partial charge in [-0.15, -0.1) is 0 Å². The molecule has 5 nitrogen and oxygen atoms in total. The van der Waals surface area contributed by atoms with E-state index in [-0.39, 0.29) is 5.56 Å². The molecule has 0 aromatic carbocycles. The predicted molar refractivity (Wildman–Crippen MR) is 77.0 cm³/mol. The van der Waals surface area contributed by atoms with Crippen LogP contribution in [0.3, 0.4) is 0 Å². The first-order valence-electron chi connectivity index (χ1n) is 7.34. The molecule has 2 N–H and O–H groups in total. The monoisotopic (exact) mass is 280 g/mol. The van der Waals surface area contributed by atoms with Gasteiger partial charge >= 0.3 is 5.97 Å². The largest absolute Gasteiger partial charge is 0.478 e. The van der Waals surface area contributed by atoms with Gasteiger partial charge < -0.3 is 19.7 Å². The molecule has 0 radical (unpaired) electrons. The van der Waals surface area contributed by atoms with Gasteiger partial charge in [0.1, 0.15) is 17.1 Å². The number of aryl methyl sites for hydroxylation is 1. The lowest BCUT2D eigenvalue weighted by molar-refractivity contribution is 0.0695. The molecule has 0 aliphatic carbocycles. The van der Waals surface area contributed by atoms with E-state index in [1.165, 1.54) is 32.4 Å². The summed E-state index contributed by atoms with van der Waals surface area (Å²) in [5.74, 6) is 0.224. The summed E-state index contributed by atoms with van der Waals surface area (Å²) < 4.78 is 5.46. The van der Waals surface area contributed by atoms with Gasteiger partial charge in [0.15, 0.2) is 0 Å². The summed E-state index contributed by atoms with van der Waals surface area (Å²) >= 11 is 0. The molecule has 1 aromatic heterocycles. The van der Waals surface area contributed by atoms with E-state index in [2.05, 4.69) is 17.1 Å². The van der Waals surface area contributed by atoms with E-state index in [9.17, 15) is 4.79 Å². The van der Waals surface area contributed by atoms with Gasteiger partial charge in [-0.05, 0) is 45.8 Å². The summed E-state index contributed by atoms with van der Waals surface area (Å²) in [7, 11) is 0. The summed E-state index contributed by atoms with van der Waals surface area (Å²) in [4.78, 5) is 13.4. The van der Waals surface area contributed by atoms with Crippen LogP contribution in [0.4, 0.5) is 0 Å². The zero-order valence-electron chi connectivity index (χ0n) is 12.3. The highest BCUT2D eigenvalue weighted by Gasteiger charge is 2.16. The van der Waals surface area contributed by atoms with Crippen molar-refractivity contribution >= 4 is 5.97 Å². The normalized spacial score (nSPS) is 18.1. The molecular formula is C15H24N2O3. The highest BCUT2D eigenvalue weighted by atomic mass is 16.4. The molecule has 0 spiro atoms. The molecule has 112 valence electrons. The van der Waals surface area contributed by atoms with Gasteiger partial charge in [-0.3, -0.25) is 0 Å². The quantitative estimate of drug-likeness (QED) is 0.836. The lowest BCUT2D eigenvalue weighted by Crippen LogP contribution is -2.41. The zero-order chi connectivity index (χ0) is 14.5. The van der Waals surface area contributed by atoms with Gasteiger partial charge in [-0.1, -0.05) is 6.42 Å². The van der Waals surface area contributed by atoms with Crippen LogP contribution >= 0.6 is 0 Å². The number of nitrogens with zero attached hydrogens (tertiary/aromatic N) is 1. The molecule has 1 unspecified atom stereocenters. The highest BCUT2D eigenvalue weighted by molar-refractivity contribution is 5.88. The van der Waals surface area contributed by atoms with Crippen LogP contribution in [0.1, 0.15) is 48.1 Å². The predicted octanol–water partition coefficient (Wildman–Crippen LogP) is 2.25. The van der Waals surface area contributed by atoms with Crippen LogP contribution in [0, 0.1) is 6.92 Å². The van der Waals surface area contributed by atoms with Crippen molar-refractivity contribution in [1.29, 1.82) is 0 Å². The third-order valence-corrected chi connectivity index (χ3v) is 3.80. The lowest BCUT2D eigenvalue weighted by Gasteiger charge is -2.29. The molecule has 2 rings (SSSR count). The Kier molecular flexibility index (Phi) is 5.20. The van der Waals surface area contributed by atoms with E-state index in [4.69, 9.17) is 9.52 Å². The minimum absolute atomic E-state index is 0.255. The number of aromatic carboxylic acids is 1. The fraction of sp³-hybridized carbons (Fsp3) is 0.667. The molecule has 5 heteroatoms. The van der Waals surface area contributed by atoms with Crippen molar-refractivity contribution in [3.8, 4) is 0 Å². The fourth-order valence-electron chi connectivity index (χ4n) is 2.71. The topological polar surface area (TPSA) is 65.7 Å². The molecule has 1 aliphatic rings. The number of carbonyl (C=O) groups is 1. The third-order valence-electron chi connectivity index (χ3n) is 3.80. The van der Waals surface area contributed by atoms with Crippen molar-refractivity contribution < 1.29 is 14.3 Å². The Morgan fingerprint density at radius 2 is 2.15 bits per heavy atom. The van der Waals surface area contributed by atoms with Gasteiger partial charge in [-0.25, -0.2) is 4.79 Å². The van der Waals surface area contributed by atoms with Crippen LogP contribution in [0.5, 0.6) is 0 Å². The van der Waals surface area contributed by atoms with Crippen LogP contribution in [-0.4, -0.2) is 41.7 Å². The Labute approximate surface area is 119 Å². The van der Waals surface area contributed by atoms with Gasteiger partial charge in [0, 0.05) is 12.6 Å². The molecule has 1 saturated heterocycles. The molecule has 0 bridgehead atoms. The van der Waals surface area contributed by atoms with Gasteiger partial charge in [-0.2, -0.15) is 0 Å². The number of hydrogen-bond donors (Lipinski definition) is 2. The second-order valence-electron chi connectivity index (χ2n) is 5.63. The number of carboxylic acids is 1. The average molecular weight is 280 g/mol. The molecule has 1 atom stereocenters. The molecule has 2 heterocycles. The first-order valence-corrected chi connectivity index (χ1v) is 7.34. The zero-order valence-corrected chi connectivity index (χ0v) is 12.3. The summed E-state index contributed by atoms with van der Waals surface area (Å²) in [6.45, 7) is 7.82. The summed E-state index contributed by atoms with van der Waals surface area (Å²) in [5.41, 5.74) is 0.255. The molecule has 0 saturated carbocycles. The second kappa shape index (κ2) is 6.90. The maximum absolute atomic E-state index is 10.9. The van der Waals surface area contributed by atoms with E-state index in [1.807, 2.05) is 0 Å². The van der Waals surface area contributed by atoms with Gasteiger partial charge in [0.05, 0.1) is 6.54 Å². The average Bonchev–Trinajstić information content (AvgIpc) is 2.79. The maximum atomic E-state index is 10.9. The first kappa shape index (κ1) is 15.1. The first-order chi connectivity index (χ1) is 9.56. The molecule has 1 aromatic rings. The van der Waals surface area contributed by atoms with E-state index < -0.39 is 5.97 Å². The number of rotatable bonds is 6. The van der Waals surface area contributed by atoms with E-state index >= 15 is 0 Å². The standard InChI is InChI=1S/C15H24N2O3/c1-11(10-17-6-4-3-5-7-17)16-9-13-8-14(15(18)19)12(2)20-13/h8,11,16H,3-7,9-10H2,1-2H3,(H,18,19). The molecule has 0 amide bonds. The van der Waals surface area contributed by atoms with Crippen LogP contribution in [0.25, 0.3) is 0 Å². The van der Waals surface area contributed by atoms with E-state index in [0.29, 0.717) is 24.1 Å². The number of piperidine rings is 1. The minimum Gasteiger partial charge on any atom is -0.478 e. The van der Waals surface area contributed by atoms with Crippen molar-refractivity contribution in [2.45, 2.75) is 45.7 Å². The number of carboxylic acid groups (broad SMARTS) is 1. The Hall–Kier alpha value is -1.33. The fourth-order valence-corrected chi connectivity index (χ4v) is 2.71. The van der Waals surface area contributed by atoms with Crippen LogP contribution in [-0.2, 0) is 6.54 Å². The van der Waals surface area contributed by atoms with Gasteiger partial charge in [0.2, 0.25) is 0 Å². The van der Waals surface area contributed by atoms with Crippen molar-refractivity contribution in [2.24, 2.45) is 0 Å². The number of hydrogen-bond acceptors (Lipinski definition) is 4. The lowest BCUT2D eigenvalue weighted by atomic mass is 10.1. The maximum Gasteiger partial charge on any atom is 0.339 e. The molecule has 1 aliphatic heterocycles.